The fourth-order valence-corrected chi connectivity index (χ4v) is 1.39. The minimum Gasteiger partial charge on any atom is -0.329 e. The van der Waals surface area contributed by atoms with Crippen molar-refractivity contribution in [3.05, 3.63) is 0 Å². The number of nitrogens with zero attached hydrogens (tertiary/aromatic N) is 1. The summed E-state index contributed by atoms with van der Waals surface area (Å²) in [5, 5.41) is 2.00. The number of amides is 1. The van der Waals surface area contributed by atoms with Crippen molar-refractivity contribution in [2.45, 2.75) is 33.1 Å². The van der Waals surface area contributed by atoms with E-state index >= 15 is 0 Å². The van der Waals surface area contributed by atoms with Gasteiger partial charge in [-0.1, -0.05) is 6.42 Å². The van der Waals surface area contributed by atoms with Gasteiger partial charge in [0, 0.05) is 19.6 Å². The highest BCUT2D eigenvalue weighted by atomic mass is 16.2. The van der Waals surface area contributed by atoms with E-state index in [1.807, 2.05) is 18.9 Å². The Balaban J connectivity index is 2.39. The third-order valence-corrected chi connectivity index (χ3v) is 2.74. The van der Waals surface area contributed by atoms with Crippen LogP contribution in [0, 0.1) is 5.41 Å². The van der Waals surface area contributed by atoms with Crippen LogP contribution in [0.25, 0.3) is 0 Å². The molecule has 14 heavy (non-hydrogen) atoms. The normalized spacial score (nSPS) is 19.4. The summed E-state index contributed by atoms with van der Waals surface area (Å²) in [6.45, 7) is 6.05. The van der Waals surface area contributed by atoms with E-state index in [0.29, 0.717) is 6.54 Å². The summed E-state index contributed by atoms with van der Waals surface area (Å²) in [6.07, 6.45) is 3.61. The molecule has 0 unspecified atom stereocenters. The van der Waals surface area contributed by atoms with Crippen LogP contribution < -0.4 is 11.2 Å². The number of nitrogens with two attached hydrogens (primary N) is 1. The molecular formula is C10H21N3O. The van der Waals surface area contributed by atoms with E-state index in [1.54, 1.807) is 0 Å². The Morgan fingerprint density at radius 2 is 1.93 bits per heavy atom. The van der Waals surface area contributed by atoms with Gasteiger partial charge in [-0.15, -0.1) is 0 Å². The Hall–Kier alpha value is -0.610. The summed E-state index contributed by atoms with van der Waals surface area (Å²) in [5.41, 5.74) is 8.00. The molecule has 0 aromatic carbocycles. The number of hydrazine groups is 1. The predicted molar refractivity (Wildman–Crippen MR) is 56.4 cm³/mol. The molecule has 1 amide bonds. The predicted octanol–water partition coefficient (Wildman–Crippen LogP) is 0.488. The van der Waals surface area contributed by atoms with Crippen molar-refractivity contribution in [3.63, 3.8) is 0 Å². The Kier molecular flexibility index (Phi) is 3.89. The van der Waals surface area contributed by atoms with Crippen LogP contribution in [-0.2, 0) is 4.79 Å². The van der Waals surface area contributed by atoms with Crippen molar-refractivity contribution in [1.29, 1.82) is 0 Å². The Morgan fingerprint density at radius 3 is 2.43 bits per heavy atom. The smallest absolute Gasteiger partial charge is 0.241 e. The quantitative estimate of drug-likeness (QED) is 0.695. The number of piperidine rings is 1. The molecule has 82 valence electrons. The van der Waals surface area contributed by atoms with Crippen LogP contribution in [0.2, 0.25) is 0 Å². The third kappa shape index (κ3) is 2.96. The molecule has 3 N–H and O–H groups in total. The molecular weight excluding hydrogens is 178 g/mol. The van der Waals surface area contributed by atoms with E-state index in [9.17, 15) is 4.79 Å². The molecule has 0 aromatic rings. The number of rotatable bonds is 3. The molecule has 0 atom stereocenters. The first-order valence-corrected chi connectivity index (χ1v) is 5.32. The van der Waals surface area contributed by atoms with Crippen LogP contribution in [0.3, 0.4) is 0 Å². The van der Waals surface area contributed by atoms with E-state index in [1.165, 1.54) is 19.3 Å². The average Bonchev–Trinajstić information content (AvgIpc) is 2.19. The molecule has 0 aromatic heterocycles. The SMILES string of the molecule is CC(C)(CN)C(=O)NN1CCCCC1. The van der Waals surface area contributed by atoms with E-state index in [2.05, 4.69) is 5.43 Å². The summed E-state index contributed by atoms with van der Waals surface area (Å²) in [7, 11) is 0. The molecule has 1 aliphatic rings. The molecule has 4 nitrogen and oxygen atoms in total. The first-order valence-electron chi connectivity index (χ1n) is 5.32. The third-order valence-electron chi connectivity index (χ3n) is 2.74. The van der Waals surface area contributed by atoms with Crippen molar-refractivity contribution in [2.75, 3.05) is 19.6 Å². The minimum absolute atomic E-state index is 0.0295. The van der Waals surface area contributed by atoms with Gasteiger partial charge in [-0.3, -0.25) is 10.2 Å². The van der Waals surface area contributed by atoms with Crippen LogP contribution >= 0.6 is 0 Å². The molecule has 0 saturated carbocycles. The lowest BCUT2D eigenvalue weighted by molar-refractivity contribution is -0.134. The Labute approximate surface area is 85.8 Å². The van der Waals surface area contributed by atoms with Gasteiger partial charge in [0.2, 0.25) is 5.91 Å². The van der Waals surface area contributed by atoms with Gasteiger partial charge in [-0.2, -0.15) is 0 Å². The average molecular weight is 199 g/mol. The van der Waals surface area contributed by atoms with Gasteiger partial charge in [0.15, 0.2) is 0 Å². The fraction of sp³-hybridized carbons (Fsp3) is 0.900. The van der Waals surface area contributed by atoms with Gasteiger partial charge in [-0.25, -0.2) is 5.01 Å². The summed E-state index contributed by atoms with van der Waals surface area (Å²) in [4.78, 5) is 11.7. The number of hydrogen-bond acceptors (Lipinski definition) is 3. The van der Waals surface area contributed by atoms with Gasteiger partial charge >= 0.3 is 0 Å². The van der Waals surface area contributed by atoms with Crippen molar-refractivity contribution >= 4 is 5.91 Å². The van der Waals surface area contributed by atoms with Crippen LogP contribution in [-0.4, -0.2) is 30.6 Å². The van der Waals surface area contributed by atoms with Gasteiger partial charge in [0.05, 0.1) is 5.41 Å². The van der Waals surface area contributed by atoms with E-state index in [0.717, 1.165) is 13.1 Å². The zero-order chi connectivity index (χ0) is 10.6. The molecule has 0 aliphatic carbocycles. The number of nitrogens with one attached hydrogen (secondary N) is 1. The Morgan fingerprint density at radius 1 is 1.36 bits per heavy atom. The van der Waals surface area contributed by atoms with Crippen molar-refractivity contribution < 1.29 is 4.79 Å². The summed E-state index contributed by atoms with van der Waals surface area (Å²) >= 11 is 0. The second-order valence-electron chi connectivity index (χ2n) is 4.58. The first kappa shape index (κ1) is 11.5. The standard InChI is InChI=1S/C10H21N3O/c1-10(2,8-11)9(14)12-13-6-4-3-5-7-13/h3-8,11H2,1-2H3,(H,12,14). The van der Waals surface area contributed by atoms with Crippen molar-refractivity contribution in [2.24, 2.45) is 11.1 Å². The lowest BCUT2D eigenvalue weighted by Gasteiger charge is -2.31. The fourth-order valence-electron chi connectivity index (χ4n) is 1.39. The highest BCUT2D eigenvalue weighted by Gasteiger charge is 2.27. The van der Waals surface area contributed by atoms with Crippen LogP contribution in [0.4, 0.5) is 0 Å². The summed E-state index contributed by atoms with van der Waals surface area (Å²) in [5.74, 6) is 0.0295. The van der Waals surface area contributed by atoms with E-state index < -0.39 is 5.41 Å². The Bertz CT molecular complexity index is 198. The van der Waals surface area contributed by atoms with Crippen molar-refractivity contribution in [1.82, 2.24) is 10.4 Å². The topological polar surface area (TPSA) is 58.4 Å². The van der Waals surface area contributed by atoms with Gasteiger partial charge in [0.25, 0.3) is 0 Å². The summed E-state index contributed by atoms with van der Waals surface area (Å²) < 4.78 is 0. The zero-order valence-electron chi connectivity index (χ0n) is 9.18. The molecule has 4 heteroatoms. The van der Waals surface area contributed by atoms with Crippen LogP contribution in [0.5, 0.6) is 0 Å². The molecule has 1 fully saturated rings. The van der Waals surface area contributed by atoms with E-state index in [4.69, 9.17) is 5.73 Å². The molecule has 1 saturated heterocycles. The number of hydrogen-bond donors (Lipinski definition) is 2. The lowest BCUT2D eigenvalue weighted by atomic mass is 9.93. The maximum atomic E-state index is 11.7. The molecule has 0 spiro atoms. The zero-order valence-corrected chi connectivity index (χ0v) is 9.18. The molecule has 1 heterocycles. The minimum atomic E-state index is -0.461. The van der Waals surface area contributed by atoms with E-state index in [-0.39, 0.29) is 5.91 Å². The second-order valence-corrected chi connectivity index (χ2v) is 4.58. The lowest BCUT2D eigenvalue weighted by Crippen LogP contribution is -2.51. The maximum Gasteiger partial charge on any atom is 0.241 e. The van der Waals surface area contributed by atoms with Gasteiger partial charge < -0.3 is 5.73 Å². The molecule has 0 radical (unpaired) electrons. The van der Waals surface area contributed by atoms with Gasteiger partial charge in [-0.05, 0) is 26.7 Å². The summed E-state index contributed by atoms with van der Waals surface area (Å²) in [6, 6.07) is 0. The molecule has 1 rings (SSSR count). The number of carbonyl (C=O) groups is 1. The monoisotopic (exact) mass is 199 g/mol. The highest BCUT2D eigenvalue weighted by Crippen LogP contribution is 2.13. The first-order chi connectivity index (χ1) is 6.56. The number of carbonyl (C=O) groups excluding carboxylic acids is 1. The van der Waals surface area contributed by atoms with Crippen LogP contribution in [0.1, 0.15) is 33.1 Å². The largest absolute Gasteiger partial charge is 0.329 e. The second kappa shape index (κ2) is 4.75. The maximum absolute atomic E-state index is 11.7. The van der Waals surface area contributed by atoms with Crippen molar-refractivity contribution in [3.8, 4) is 0 Å². The van der Waals surface area contributed by atoms with Gasteiger partial charge in [0.1, 0.15) is 0 Å². The van der Waals surface area contributed by atoms with Crippen LogP contribution in [0.15, 0.2) is 0 Å². The molecule has 1 aliphatic heterocycles. The highest BCUT2D eigenvalue weighted by molar-refractivity contribution is 5.81. The molecule has 0 bridgehead atoms.